The van der Waals surface area contributed by atoms with E-state index in [-0.39, 0.29) is 0 Å². The molecule has 0 spiro atoms. The SMILES string of the molecule is CCCCCOc1ccc(C=NNc2nc(=O)[nH]nc2C)cc1OCC. The molecule has 0 atom stereocenters. The van der Waals surface area contributed by atoms with Crippen molar-refractivity contribution >= 4 is 12.0 Å². The molecule has 0 unspecified atom stereocenters. The largest absolute Gasteiger partial charge is 0.490 e. The molecule has 0 amide bonds. The van der Waals surface area contributed by atoms with Gasteiger partial charge in [-0.25, -0.2) is 9.89 Å². The predicted octanol–water partition coefficient (Wildman–Crippen LogP) is 2.89. The van der Waals surface area contributed by atoms with Crippen LogP contribution in [-0.2, 0) is 0 Å². The number of nitrogens with zero attached hydrogens (tertiary/aromatic N) is 3. The van der Waals surface area contributed by atoms with Crippen LogP contribution in [0.1, 0.15) is 44.4 Å². The molecule has 2 N–H and O–H groups in total. The molecule has 0 saturated heterocycles. The first-order chi connectivity index (χ1) is 12.6. The van der Waals surface area contributed by atoms with Gasteiger partial charge in [0, 0.05) is 0 Å². The van der Waals surface area contributed by atoms with Gasteiger partial charge in [-0.2, -0.15) is 15.2 Å². The van der Waals surface area contributed by atoms with E-state index in [9.17, 15) is 4.79 Å². The summed E-state index contributed by atoms with van der Waals surface area (Å²) in [6.07, 6.45) is 4.93. The summed E-state index contributed by atoms with van der Waals surface area (Å²) in [6.45, 7) is 7.03. The molecule has 8 nitrogen and oxygen atoms in total. The third-order valence-electron chi connectivity index (χ3n) is 3.53. The second-order valence-corrected chi connectivity index (χ2v) is 5.64. The number of aryl methyl sites for hydroxylation is 1. The minimum atomic E-state index is -0.531. The molecule has 0 radical (unpaired) electrons. The number of ether oxygens (including phenoxy) is 2. The highest BCUT2D eigenvalue weighted by Crippen LogP contribution is 2.28. The highest BCUT2D eigenvalue weighted by atomic mass is 16.5. The Morgan fingerprint density at radius 2 is 2.08 bits per heavy atom. The number of H-pyrrole nitrogens is 1. The fraction of sp³-hybridized carbons (Fsp3) is 0.444. The van der Waals surface area contributed by atoms with Crippen molar-refractivity contribution in [1.29, 1.82) is 0 Å². The third kappa shape index (κ3) is 5.87. The van der Waals surface area contributed by atoms with Crippen molar-refractivity contribution in [2.45, 2.75) is 40.0 Å². The van der Waals surface area contributed by atoms with Crippen LogP contribution in [0.15, 0.2) is 28.1 Å². The van der Waals surface area contributed by atoms with E-state index in [1.165, 1.54) is 0 Å². The molecule has 140 valence electrons. The van der Waals surface area contributed by atoms with Gasteiger partial charge >= 0.3 is 5.69 Å². The molecular weight excluding hydrogens is 334 g/mol. The highest BCUT2D eigenvalue weighted by molar-refractivity contribution is 5.81. The van der Waals surface area contributed by atoms with Crippen LogP contribution >= 0.6 is 0 Å². The van der Waals surface area contributed by atoms with Crippen LogP contribution in [-0.4, -0.2) is 34.6 Å². The third-order valence-corrected chi connectivity index (χ3v) is 3.53. The zero-order valence-corrected chi connectivity index (χ0v) is 15.4. The number of aromatic nitrogens is 3. The van der Waals surface area contributed by atoms with Crippen molar-refractivity contribution in [1.82, 2.24) is 15.2 Å². The molecular formula is C18H25N5O3. The summed E-state index contributed by atoms with van der Waals surface area (Å²) >= 11 is 0. The van der Waals surface area contributed by atoms with Crippen molar-refractivity contribution in [3.8, 4) is 11.5 Å². The van der Waals surface area contributed by atoms with Gasteiger partial charge in [0.05, 0.1) is 19.4 Å². The lowest BCUT2D eigenvalue weighted by Gasteiger charge is -2.12. The number of rotatable bonds is 10. The standard InChI is InChI=1S/C18H25N5O3/c1-4-6-7-10-26-15-9-8-14(11-16(15)25-5-2)12-19-22-17-13(3)21-23-18(24)20-17/h8-9,11-12H,4-7,10H2,1-3H3,(H2,20,22,23,24). The number of hydrogen-bond acceptors (Lipinski definition) is 7. The van der Waals surface area contributed by atoms with Gasteiger partial charge in [-0.1, -0.05) is 19.8 Å². The van der Waals surface area contributed by atoms with Crippen LogP contribution < -0.4 is 20.6 Å². The minimum absolute atomic E-state index is 0.311. The van der Waals surface area contributed by atoms with Crippen LogP contribution in [0.25, 0.3) is 0 Å². The first-order valence-corrected chi connectivity index (χ1v) is 8.76. The maximum absolute atomic E-state index is 11.2. The van der Waals surface area contributed by atoms with Crippen molar-refractivity contribution in [2.75, 3.05) is 18.6 Å². The number of aromatic amines is 1. The van der Waals surface area contributed by atoms with E-state index >= 15 is 0 Å². The average molecular weight is 359 g/mol. The van der Waals surface area contributed by atoms with E-state index in [4.69, 9.17) is 9.47 Å². The first kappa shape index (κ1) is 19.4. The van der Waals surface area contributed by atoms with Crippen LogP contribution in [0.4, 0.5) is 5.82 Å². The van der Waals surface area contributed by atoms with Crippen molar-refractivity contribution in [3.63, 3.8) is 0 Å². The number of unbranched alkanes of at least 4 members (excludes halogenated alkanes) is 2. The smallest absolute Gasteiger partial charge is 0.363 e. The molecule has 1 heterocycles. The Bertz CT molecular complexity index is 789. The van der Waals surface area contributed by atoms with Crippen LogP contribution in [0.3, 0.4) is 0 Å². The molecule has 2 aromatic rings. The Hall–Kier alpha value is -2.90. The predicted molar refractivity (Wildman–Crippen MR) is 101 cm³/mol. The maximum atomic E-state index is 11.2. The maximum Gasteiger partial charge on any atom is 0.363 e. The number of hydrogen-bond donors (Lipinski definition) is 2. The topological polar surface area (TPSA) is 101 Å². The molecule has 0 aliphatic carbocycles. The van der Waals surface area contributed by atoms with E-state index in [1.54, 1.807) is 13.1 Å². The summed E-state index contributed by atoms with van der Waals surface area (Å²) in [5.74, 6) is 1.72. The molecule has 1 aromatic carbocycles. The molecule has 2 rings (SSSR count). The van der Waals surface area contributed by atoms with E-state index in [2.05, 4.69) is 32.6 Å². The Labute approximate surface area is 152 Å². The van der Waals surface area contributed by atoms with Crippen molar-refractivity contribution in [2.24, 2.45) is 5.10 Å². The van der Waals surface area contributed by atoms with Gasteiger partial charge in [-0.3, -0.25) is 5.43 Å². The van der Waals surface area contributed by atoms with Gasteiger partial charge in [0.15, 0.2) is 17.3 Å². The lowest BCUT2D eigenvalue weighted by Crippen LogP contribution is -2.15. The lowest BCUT2D eigenvalue weighted by molar-refractivity contribution is 0.271. The molecule has 26 heavy (non-hydrogen) atoms. The fourth-order valence-corrected chi connectivity index (χ4v) is 2.19. The monoisotopic (exact) mass is 359 g/mol. The summed E-state index contributed by atoms with van der Waals surface area (Å²) < 4.78 is 11.5. The Kier molecular flexibility index (Phi) is 7.60. The zero-order valence-electron chi connectivity index (χ0n) is 15.4. The molecule has 0 aliphatic heterocycles. The summed E-state index contributed by atoms with van der Waals surface area (Å²) in [6, 6.07) is 5.62. The molecule has 0 aliphatic rings. The van der Waals surface area contributed by atoms with Gasteiger partial charge in [0.1, 0.15) is 5.69 Å². The van der Waals surface area contributed by atoms with Crippen LogP contribution in [0, 0.1) is 6.92 Å². The number of hydrazone groups is 1. The van der Waals surface area contributed by atoms with Gasteiger partial charge in [0.25, 0.3) is 0 Å². The normalized spacial score (nSPS) is 10.9. The van der Waals surface area contributed by atoms with Crippen LogP contribution in [0.2, 0.25) is 0 Å². The Balaban J connectivity index is 2.05. The number of anilines is 1. The van der Waals surface area contributed by atoms with E-state index in [1.807, 2.05) is 25.1 Å². The van der Waals surface area contributed by atoms with Crippen molar-refractivity contribution in [3.05, 3.63) is 39.9 Å². The summed E-state index contributed by atoms with van der Waals surface area (Å²) in [5, 5.41) is 10.2. The number of benzene rings is 1. The van der Waals surface area contributed by atoms with Crippen molar-refractivity contribution < 1.29 is 9.47 Å². The van der Waals surface area contributed by atoms with Gasteiger partial charge in [-0.15, -0.1) is 0 Å². The minimum Gasteiger partial charge on any atom is -0.490 e. The molecule has 0 bridgehead atoms. The summed E-state index contributed by atoms with van der Waals surface area (Å²) in [5.41, 5.74) is 3.57. The summed E-state index contributed by atoms with van der Waals surface area (Å²) in [4.78, 5) is 15.0. The second kappa shape index (κ2) is 10.2. The highest BCUT2D eigenvalue weighted by Gasteiger charge is 2.06. The molecule has 0 fully saturated rings. The van der Waals surface area contributed by atoms with Gasteiger partial charge in [0.2, 0.25) is 0 Å². The quantitative estimate of drug-likeness (QED) is 0.384. The second-order valence-electron chi connectivity index (χ2n) is 5.64. The lowest BCUT2D eigenvalue weighted by atomic mass is 10.2. The number of nitrogens with one attached hydrogen (secondary N) is 2. The zero-order chi connectivity index (χ0) is 18.8. The van der Waals surface area contributed by atoms with Crippen LogP contribution in [0.5, 0.6) is 11.5 Å². The molecule has 0 saturated carbocycles. The average Bonchev–Trinajstić information content (AvgIpc) is 2.63. The van der Waals surface area contributed by atoms with Gasteiger partial charge < -0.3 is 9.47 Å². The first-order valence-electron chi connectivity index (χ1n) is 8.76. The Morgan fingerprint density at radius 1 is 1.23 bits per heavy atom. The summed E-state index contributed by atoms with van der Waals surface area (Å²) in [7, 11) is 0. The Morgan fingerprint density at radius 3 is 2.85 bits per heavy atom. The van der Waals surface area contributed by atoms with Gasteiger partial charge in [-0.05, 0) is 44.0 Å². The fourth-order valence-electron chi connectivity index (χ4n) is 2.19. The van der Waals surface area contributed by atoms with E-state index in [0.29, 0.717) is 30.5 Å². The molecule has 8 heteroatoms. The van der Waals surface area contributed by atoms with E-state index < -0.39 is 5.69 Å². The molecule has 1 aromatic heterocycles. The van der Waals surface area contributed by atoms with E-state index in [0.717, 1.165) is 30.6 Å².